The molecule has 6 heteroatoms. The third-order valence-corrected chi connectivity index (χ3v) is 3.34. The Morgan fingerprint density at radius 2 is 1.93 bits per heavy atom. The van der Waals surface area contributed by atoms with Gasteiger partial charge in [0.2, 0.25) is 0 Å². The van der Waals surface area contributed by atoms with E-state index in [0.29, 0.717) is 3.57 Å². The van der Waals surface area contributed by atoms with Gasteiger partial charge in [0, 0.05) is 8.47 Å². The minimum absolute atomic E-state index is 0.0722. The van der Waals surface area contributed by atoms with Gasteiger partial charge in [-0.05, 0) is 34.7 Å². The zero-order valence-electron chi connectivity index (χ0n) is 6.56. The molecule has 1 aromatic rings. The normalized spacial score (nSPS) is 11.1. The Morgan fingerprint density at radius 1 is 1.36 bits per heavy atom. The molecule has 0 aliphatic carbocycles. The third kappa shape index (κ3) is 2.15. The number of benzene rings is 1. The molecule has 0 N–H and O–H groups in total. The standard InChI is InChI=1S/C8H3F3INS/c9-8(10,11)5-1-2-6(12)7(14)4(5)3-13/h1-2,14H. The maximum absolute atomic E-state index is 12.4. The van der Waals surface area contributed by atoms with Crippen LogP contribution in [0.3, 0.4) is 0 Å². The number of thiol groups is 1. The topological polar surface area (TPSA) is 23.8 Å². The van der Waals surface area contributed by atoms with Gasteiger partial charge < -0.3 is 0 Å². The van der Waals surface area contributed by atoms with Crippen LogP contribution in [0.1, 0.15) is 11.1 Å². The van der Waals surface area contributed by atoms with Gasteiger partial charge in [0.05, 0.1) is 11.1 Å². The van der Waals surface area contributed by atoms with Crippen LogP contribution in [0.15, 0.2) is 17.0 Å². The lowest BCUT2D eigenvalue weighted by atomic mass is 10.1. The van der Waals surface area contributed by atoms with E-state index in [4.69, 9.17) is 5.26 Å². The van der Waals surface area contributed by atoms with E-state index >= 15 is 0 Å². The minimum Gasteiger partial charge on any atom is -0.192 e. The first-order chi connectivity index (χ1) is 6.38. The molecule has 0 unspecified atom stereocenters. The lowest BCUT2D eigenvalue weighted by Gasteiger charge is -2.10. The highest BCUT2D eigenvalue weighted by Gasteiger charge is 2.34. The second-order valence-electron chi connectivity index (χ2n) is 2.43. The Bertz CT molecular complexity index is 408. The van der Waals surface area contributed by atoms with Crippen LogP contribution < -0.4 is 0 Å². The number of nitrogens with zero attached hydrogens (tertiary/aromatic N) is 1. The zero-order valence-corrected chi connectivity index (χ0v) is 9.61. The summed E-state index contributed by atoms with van der Waals surface area (Å²) in [6.45, 7) is 0. The van der Waals surface area contributed by atoms with Crippen molar-refractivity contribution in [2.75, 3.05) is 0 Å². The van der Waals surface area contributed by atoms with E-state index in [2.05, 4.69) is 12.6 Å². The first kappa shape index (κ1) is 11.7. The molecule has 1 rings (SSSR count). The van der Waals surface area contributed by atoms with Crippen molar-refractivity contribution in [2.45, 2.75) is 11.1 Å². The predicted octanol–water partition coefficient (Wildman–Crippen LogP) is 3.47. The summed E-state index contributed by atoms with van der Waals surface area (Å²) in [5.74, 6) is 0. The third-order valence-electron chi connectivity index (χ3n) is 1.55. The van der Waals surface area contributed by atoms with Crippen LogP contribution in [-0.4, -0.2) is 0 Å². The molecule has 1 aromatic carbocycles. The summed E-state index contributed by atoms with van der Waals surface area (Å²) in [6.07, 6.45) is -4.51. The Balaban J connectivity index is 3.49. The second-order valence-corrected chi connectivity index (χ2v) is 4.04. The second kappa shape index (κ2) is 3.98. The summed E-state index contributed by atoms with van der Waals surface area (Å²) >= 11 is 5.69. The van der Waals surface area contributed by atoms with Crippen molar-refractivity contribution in [1.29, 1.82) is 5.26 Å². The number of alkyl halides is 3. The van der Waals surface area contributed by atoms with Gasteiger partial charge in [-0.2, -0.15) is 18.4 Å². The molecule has 0 saturated carbocycles. The van der Waals surface area contributed by atoms with Crippen molar-refractivity contribution in [3.05, 3.63) is 26.8 Å². The van der Waals surface area contributed by atoms with Crippen molar-refractivity contribution < 1.29 is 13.2 Å². The highest BCUT2D eigenvalue weighted by molar-refractivity contribution is 14.1. The van der Waals surface area contributed by atoms with Crippen molar-refractivity contribution in [3.8, 4) is 6.07 Å². The van der Waals surface area contributed by atoms with Gasteiger partial charge in [0.15, 0.2) is 0 Å². The summed E-state index contributed by atoms with van der Waals surface area (Å²) in [7, 11) is 0. The highest BCUT2D eigenvalue weighted by Crippen LogP contribution is 2.35. The molecular formula is C8H3F3INS. The van der Waals surface area contributed by atoms with E-state index in [1.807, 2.05) is 22.6 Å². The van der Waals surface area contributed by atoms with Crippen LogP contribution in [0.25, 0.3) is 0 Å². The van der Waals surface area contributed by atoms with Gasteiger partial charge in [0.1, 0.15) is 6.07 Å². The molecule has 0 aliphatic rings. The summed E-state index contributed by atoms with van der Waals surface area (Å²) < 4.78 is 37.6. The Hall–Kier alpha value is -0.420. The molecule has 14 heavy (non-hydrogen) atoms. The number of rotatable bonds is 0. The van der Waals surface area contributed by atoms with Crippen LogP contribution in [0, 0.1) is 14.9 Å². The highest BCUT2D eigenvalue weighted by atomic mass is 127. The number of hydrogen-bond acceptors (Lipinski definition) is 2. The number of halogens is 4. The van der Waals surface area contributed by atoms with E-state index in [0.717, 1.165) is 6.07 Å². The lowest BCUT2D eigenvalue weighted by molar-refractivity contribution is -0.137. The van der Waals surface area contributed by atoms with E-state index in [1.165, 1.54) is 12.1 Å². The fourth-order valence-corrected chi connectivity index (χ4v) is 1.61. The molecule has 0 amide bonds. The van der Waals surface area contributed by atoms with E-state index in [1.54, 1.807) is 0 Å². The average Bonchev–Trinajstić information content (AvgIpc) is 2.07. The molecule has 0 heterocycles. The maximum atomic E-state index is 12.4. The van der Waals surface area contributed by atoms with Crippen LogP contribution in [0.2, 0.25) is 0 Å². The summed E-state index contributed by atoms with van der Waals surface area (Å²) in [5, 5.41) is 8.58. The molecule has 0 aliphatic heterocycles. The molecule has 0 fully saturated rings. The molecule has 0 bridgehead atoms. The largest absolute Gasteiger partial charge is 0.417 e. The van der Waals surface area contributed by atoms with Crippen molar-refractivity contribution in [2.24, 2.45) is 0 Å². The van der Waals surface area contributed by atoms with Gasteiger partial charge in [-0.3, -0.25) is 0 Å². The fourth-order valence-electron chi connectivity index (χ4n) is 0.915. The lowest BCUT2D eigenvalue weighted by Crippen LogP contribution is -2.08. The van der Waals surface area contributed by atoms with Gasteiger partial charge in [-0.25, -0.2) is 0 Å². The Morgan fingerprint density at radius 3 is 2.36 bits per heavy atom. The van der Waals surface area contributed by atoms with E-state index < -0.39 is 17.3 Å². The quantitative estimate of drug-likeness (QED) is 0.572. The van der Waals surface area contributed by atoms with Crippen LogP contribution >= 0.6 is 35.2 Å². The fraction of sp³-hybridized carbons (Fsp3) is 0.125. The molecule has 0 radical (unpaired) electrons. The molecular weight excluding hydrogens is 326 g/mol. The van der Waals surface area contributed by atoms with Crippen LogP contribution in [-0.2, 0) is 6.18 Å². The van der Waals surface area contributed by atoms with E-state index in [-0.39, 0.29) is 4.90 Å². The first-order valence-corrected chi connectivity index (χ1v) is 4.89. The zero-order chi connectivity index (χ0) is 10.9. The SMILES string of the molecule is N#Cc1c(C(F)(F)F)ccc(I)c1S. The molecule has 0 saturated heterocycles. The molecule has 0 atom stereocenters. The smallest absolute Gasteiger partial charge is 0.192 e. The van der Waals surface area contributed by atoms with E-state index in [9.17, 15) is 13.2 Å². The van der Waals surface area contributed by atoms with Crippen molar-refractivity contribution in [3.63, 3.8) is 0 Å². The molecule has 1 nitrogen and oxygen atoms in total. The monoisotopic (exact) mass is 329 g/mol. The Kier molecular flexibility index (Phi) is 3.32. The summed E-state index contributed by atoms with van der Waals surface area (Å²) in [4.78, 5) is 0.0722. The van der Waals surface area contributed by atoms with Crippen molar-refractivity contribution >= 4 is 35.2 Å². The van der Waals surface area contributed by atoms with Gasteiger partial charge >= 0.3 is 6.18 Å². The maximum Gasteiger partial charge on any atom is 0.417 e. The van der Waals surface area contributed by atoms with Gasteiger partial charge in [-0.15, -0.1) is 12.6 Å². The van der Waals surface area contributed by atoms with Crippen LogP contribution in [0.5, 0.6) is 0 Å². The van der Waals surface area contributed by atoms with Crippen LogP contribution in [0.4, 0.5) is 13.2 Å². The summed E-state index contributed by atoms with van der Waals surface area (Å²) in [6, 6.07) is 3.68. The van der Waals surface area contributed by atoms with Gasteiger partial charge in [0.25, 0.3) is 0 Å². The average molecular weight is 329 g/mol. The number of nitriles is 1. The van der Waals surface area contributed by atoms with Crippen molar-refractivity contribution in [1.82, 2.24) is 0 Å². The van der Waals surface area contributed by atoms with Gasteiger partial charge in [-0.1, -0.05) is 0 Å². The molecule has 0 aromatic heterocycles. The number of hydrogen-bond donors (Lipinski definition) is 1. The molecule has 0 spiro atoms. The Labute approximate surface area is 97.5 Å². The first-order valence-electron chi connectivity index (χ1n) is 3.36. The molecule has 74 valence electrons. The minimum atomic E-state index is -4.51. The predicted molar refractivity (Wildman–Crippen MR) is 56.1 cm³/mol. The summed E-state index contributed by atoms with van der Waals surface area (Å²) in [5.41, 5.74) is -1.36.